The summed E-state index contributed by atoms with van der Waals surface area (Å²) in [6.45, 7) is 4.32. The molecule has 6 heteroatoms. The Morgan fingerprint density at radius 3 is 2.43 bits per heavy atom. The maximum atomic E-state index is 12.3. The zero-order valence-electron chi connectivity index (χ0n) is 16.2. The zero-order chi connectivity index (χ0) is 20.5. The van der Waals surface area contributed by atoms with Crippen LogP contribution in [0.4, 0.5) is 0 Å². The lowest BCUT2D eigenvalue weighted by atomic mass is 10.0. The summed E-state index contributed by atoms with van der Waals surface area (Å²) >= 11 is 4.32. The van der Waals surface area contributed by atoms with E-state index in [9.17, 15) is 14.7 Å². The van der Waals surface area contributed by atoms with E-state index < -0.39 is 17.3 Å². The van der Waals surface area contributed by atoms with Crippen LogP contribution in [0.25, 0.3) is 0 Å². The van der Waals surface area contributed by atoms with E-state index in [0.717, 1.165) is 17.5 Å². The summed E-state index contributed by atoms with van der Waals surface area (Å²) in [6.07, 6.45) is 0.963. The van der Waals surface area contributed by atoms with Gasteiger partial charge in [-0.2, -0.15) is 12.6 Å². The first kappa shape index (κ1) is 21.8. The maximum absolute atomic E-state index is 12.3. The second-order valence-electron chi connectivity index (χ2n) is 6.86. The molecule has 0 heterocycles. The fourth-order valence-corrected chi connectivity index (χ4v) is 2.96. The Kier molecular flexibility index (Phi) is 8.39. The third-order valence-electron chi connectivity index (χ3n) is 4.65. The molecule has 2 N–H and O–H groups in total. The number of hydrogen-bond donors (Lipinski definition) is 3. The molecule has 1 amide bonds. The highest BCUT2D eigenvalue weighted by Crippen LogP contribution is 2.18. The predicted molar refractivity (Wildman–Crippen MR) is 113 cm³/mol. The van der Waals surface area contributed by atoms with Crippen LogP contribution in [0, 0.1) is 5.92 Å². The Morgan fingerprint density at radius 1 is 1.11 bits per heavy atom. The smallest absolute Gasteiger partial charge is 0.326 e. The Labute approximate surface area is 171 Å². The molecule has 2 aromatic carbocycles. The highest BCUT2D eigenvalue weighted by molar-refractivity contribution is 7.81. The molecule has 0 bridgehead atoms. The van der Waals surface area contributed by atoms with E-state index in [4.69, 9.17) is 4.74 Å². The van der Waals surface area contributed by atoms with E-state index in [1.54, 1.807) is 6.07 Å². The maximum Gasteiger partial charge on any atom is 0.326 e. The fourth-order valence-electron chi connectivity index (χ4n) is 2.68. The number of nitrogens with one attached hydrogen (secondary N) is 1. The first-order valence-corrected chi connectivity index (χ1v) is 9.89. The minimum Gasteiger partial charge on any atom is -0.489 e. The molecule has 2 rings (SSSR count). The van der Waals surface area contributed by atoms with E-state index in [-0.39, 0.29) is 18.2 Å². The molecular formula is C22H27NO4S. The van der Waals surface area contributed by atoms with Gasteiger partial charge in [0.15, 0.2) is 0 Å². The zero-order valence-corrected chi connectivity index (χ0v) is 17.1. The number of aliphatic carboxylic acids is 1. The monoisotopic (exact) mass is 401 g/mol. The van der Waals surface area contributed by atoms with Gasteiger partial charge in [-0.3, -0.25) is 4.79 Å². The number of carboxylic acids is 1. The topological polar surface area (TPSA) is 75.6 Å². The second kappa shape index (κ2) is 10.8. The van der Waals surface area contributed by atoms with Crippen molar-refractivity contribution in [3.8, 4) is 5.75 Å². The largest absolute Gasteiger partial charge is 0.489 e. The van der Waals surface area contributed by atoms with E-state index in [0.29, 0.717) is 12.4 Å². The number of hydrogen-bond acceptors (Lipinski definition) is 4. The summed E-state index contributed by atoms with van der Waals surface area (Å²) in [6, 6.07) is 16.0. The molecule has 0 aromatic heterocycles. The first-order valence-electron chi connectivity index (χ1n) is 9.37. The van der Waals surface area contributed by atoms with Gasteiger partial charge in [-0.05, 0) is 29.2 Å². The Bertz CT molecular complexity index is 781. The Morgan fingerprint density at radius 2 is 1.79 bits per heavy atom. The molecule has 2 aromatic rings. The number of benzene rings is 2. The molecule has 0 aliphatic carbocycles. The van der Waals surface area contributed by atoms with Crippen molar-refractivity contribution in [1.29, 1.82) is 0 Å². The van der Waals surface area contributed by atoms with Crippen LogP contribution in [0.5, 0.6) is 5.75 Å². The molecule has 0 spiro atoms. The lowest BCUT2D eigenvalue weighted by Crippen LogP contribution is -2.46. The van der Waals surface area contributed by atoms with Crippen molar-refractivity contribution >= 4 is 24.5 Å². The molecule has 5 nitrogen and oxygen atoms in total. The lowest BCUT2D eigenvalue weighted by Gasteiger charge is -2.21. The number of rotatable bonds is 10. The van der Waals surface area contributed by atoms with Crippen LogP contribution in [0.3, 0.4) is 0 Å². The van der Waals surface area contributed by atoms with Crippen LogP contribution in [-0.4, -0.2) is 28.3 Å². The molecule has 0 saturated heterocycles. The van der Waals surface area contributed by atoms with Crippen LogP contribution >= 0.6 is 12.6 Å². The third kappa shape index (κ3) is 6.60. The van der Waals surface area contributed by atoms with Gasteiger partial charge >= 0.3 is 5.97 Å². The molecule has 150 valence electrons. The summed E-state index contributed by atoms with van der Waals surface area (Å²) in [5, 5.41) is 11.6. The van der Waals surface area contributed by atoms with Crippen molar-refractivity contribution in [2.24, 2.45) is 5.92 Å². The molecule has 0 aliphatic heterocycles. The predicted octanol–water partition coefficient (Wildman–Crippen LogP) is 3.72. The van der Waals surface area contributed by atoms with Crippen molar-refractivity contribution in [2.45, 2.75) is 44.6 Å². The molecule has 0 saturated carbocycles. The van der Waals surface area contributed by atoms with Crippen molar-refractivity contribution in [3.63, 3.8) is 0 Å². The summed E-state index contributed by atoms with van der Waals surface area (Å²) in [5.74, 6) is -0.716. The average molecular weight is 402 g/mol. The number of carbonyl (C=O) groups is 2. The minimum atomic E-state index is -1.08. The van der Waals surface area contributed by atoms with Gasteiger partial charge in [-0.1, -0.05) is 62.7 Å². The van der Waals surface area contributed by atoms with Crippen LogP contribution in [0.15, 0.2) is 54.6 Å². The minimum absolute atomic E-state index is 0.0625. The summed E-state index contributed by atoms with van der Waals surface area (Å²) in [4.78, 5) is 23.9. The number of amides is 1. The summed E-state index contributed by atoms with van der Waals surface area (Å²) < 4.78 is 5.79. The fraction of sp³-hybridized carbons (Fsp3) is 0.364. The first-order chi connectivity index (χ1) is 13.4. The Balaban J connectivity index is 2.00. The van der Waals surface area contributed by atoms with Crippen molar-refractivity contribution < 1.29 is 19.4 Å². The van der Waals surface area contributed by atoms with Gasteiger partial charge < -0.3 is 15.2 Å². The normalized spacial score (nSPS) is 14.0. The van der Waals surface area contributed by atoms with Crippen molar-refractivity contribution in [3.05, 3.63) is 65.7 Å². The second-order valence-corrected chi connectivity index (χ2v) is 7.41. The van der Waals surface area contributed by atoms with Crippen LogP contribution in [0.2, 0.25) is 0 Å². The van der Waals surface area contributed by atoms with Gasteiger partial charge in [0.05, 0.1) is 5.25 Å². The number of carboxylic acid groups (broad SMARTS) is 1. The lowest BCUT2D eigenvalue weighted by molar-refractivity contribution is -0.141. The van der Waals surface area contributed by atoms with E-state index in [1.807, 2.05) is 62.4 Å². The number of ether oxygens (including phenoxy) is 1. The quantitative estimate of drug-likeness (QED) is 0.531. The van der Waals surface area contributed by atoms with Gasteiger partial charge in [-0.15, -0.1) is 0 Å². The van der Waals surface area contributed by atoms with Gasteiger partial charge in [0, 0.05) is 6.42 Å². The Hall–Kier alpha value is -2.47. The van der Waals surface area contributed by atoms with E-state index in [2.05, 4.69) is 17.9 Å². The van der Waals surface area contributed by atoms with E-state index in [1.165, 1.54) is 0 Å². The molecule has 0 radical (unpaired) electrons. The molecular weight excluding hydrogens is 374 g/mol. The third-order valence-corrected chi connectivity index (χ3v) is 5.40. The van der Waals surface area contributed by atoms with Crippen LogP contribution < -0.4 is 10.1 Å². The van der Waals surface area contributed by atoms with Gasteiger partial charge in [-0.25, -0.2) is 4.79 Å². The van der Waals surface area contributed by atoms with Crippen molar-refractivity contribution in [2.75, 3.05) is 0 Å². The SMILES string of the molecule is CC[C@@H](C)[C@H](S)C(=O)N[C@@H](Cc1cccc(OCc2ccccc2)c1)C(=O)O. The van der Waals surface area contributed by atoms with Crippen LogP contribution in [0.1, 0.15) is 31.4 Å². The molecule has 3 atom stereocenters. The van der Waals surface area contributed by atoms with Crippen LogP contribution in [-0.2, 0) is 22.6 Å². The molecule has 0 unspecified atom stereocenters. The van der Waals surface area contributed by atoms with E-state index >= 15 is 0 Å². The summed E-state index contributed by atoms with van der Waals surface area (Å²) in [7, 11) is 0. The molecule has 28 heavy (non-hydrogen) atoms. The number of thiol groups is 1. The standard InChI is InChI=1S/C22H27NO4S/c1-3-15(2)20(28)21(24)23-19(22(25)26)13-17-10-7-11-18(12-17)27-14-16-8-5-4-6-9-16/h4-12,15,19-20,28H,3,13-14H2,1-2H3,(H,23,24)(H,25,26)/t15-,19+,20+/m1/s1. The molecule has 0 aliphatic rings. The summed E-state index contributed by atoms with van der Waals surface area (Å²) in [5.41, 5.74) is 1.82. The number of carbonyl (C=O) groups excluding carboxylic acids is 1. The highest BCUT2D eigenvalue weighted by Gasteiger charge is 2.26. The van der Waals surface area contributed by atoms with Gasteiger partial charge in [0.1, 0.15) is 18.4 Å². The average Bonchev–Trinajstić information content (AvgIpc) is 2.71. The van der Waals surface area contributed by atoms with Crippen molar-refractivity contribution in [1.82, 2.24) is 5.32 Å². The molecule has 0 fully saturated rings. The van der Waals surface area contributed by atoms with Gasteiger partial charge in [0.2, 0.25) is 5.91 Å². The van der Waals surface area contributed by atoms with Gasteiger partial charge in [0.25, 0.3) is 0 Å². The highest BCUT2D eigenvalue weighted by atomic mass is 32.1.